The number of pyridine rings is 1. The Kier molecular flexibility index (Phi) is 6.00. The predicted molar refractivity (Wildman–Crippen MR) is 86.9 cm³/mol. The van der Waals surface area contributed by atoms with Crippen LogP contribution in [0.1, 0.15) is 5.56 Å². The molecule has 1 heterocycles. The molecule has 22 heavy (non-hydrogen) atoms. The third-order valence-corrected chi connectivity index (χ3v) is 3.44. The Hall–Kier alpha value is -1.82. The van der Waals surface area contributed by atoms with Gasteiger partial charge in [-0.05, 0) is 12.1 Å². The Bertz CT molecular complexity index is 693. The molecular formula is C14H10Cl3N3O2. The minimum atomic E-state index is -0.442. The number of aromatic nitrogens is 1. The lowest BCUT2D eigenvalue weighted by Crippen LogP contribution is -2.24. The van der Waals surface area contributed by atoms with Crippen molar-refractivity contribution in [1.82, 2.24) is 10.4 Å². The first-order valence-electron chi connectivity index (χ1n) is 6.05. The molecule has 0 aliphatic rings. The lowest BCUT2D eigenvalue weighted by molar-refractivity contribution is -0.123. The fraction of sp³-hybridized carbons (Fsp3) is 0.0714. The van der Waals surface area contributed by atoms with Crippen LogP contribution in [0.25, 0.3) is 0 Å². The number of hydrogen-bond acceptors (Lipinski definition) is 4. The van der Waals surface area contributed by atoms with Gasteiger partial charge in [-0.25, -0.2) is 5.43 Å². The quantitative estimate of drug-likeness (QED) is 0.505. The molecule has 2 aromatic rings. The molecule has 0 bridgehead atoms. The Morgan fingerprint density at radius 3 is 2.77 bits per heavy atom. The van der Waals surface area contributed by atoms with E-state index in [0.717, 1.165) is 5.56 Å². The number of ether oxygens (including phenoxy) is 1. The third kappa shape index (κ3) is 4.87. The molecule has 0 saturated heterocycles. The van der Waals surface area contributed by atoms with Gasteiger partial charge in [-0.2, -0.15) is 5.10 Å². The molecule has 0 aliphatic heterocycles. The van der Waals surface area contributed by atoms with Crippen LogP contribution < -0.4 is 10.2 Å². The maximum absolute atomic E-state index is 11.6. The van der Waals surface area contributed by atoms with E-state index in [1.54, 1.807) is 24.5 Å². The summed E-state index contributed by atoms with van der Waals surface area (Å²) in [6, 6.07) is 6.45. The molecule has 114 valence electrons. The molecule has 1 aromatic carbocycles. The van der Waals surface area contributed by atoms with E-state index in [-0.39, 0.29) is 22.4 Å². The molecule has 0 saturated carbocycles. The van der Waals surface area contributed by atoms with Crippen LogP contribution >= 0.6 is 34.8 Å². The zero-order valence-corrected chi connectivity index (χ0v) is 13.4. The summed E-state index contributed by atoms with van der Waals surface area (Å²) >= 11 is 17.6. The number of carbonyl (C=O) groups excluding carboxylic acids is 1. The minimum Gasteiger partial charge on any atom is -0.482 e. The topological polar surface area (TPSA) is 63.6 Å². The number of benzene rings is 1. The molecule has 1 amide bonds. The third-order valence-electron chi connectivity index (χ3n) is 2.42. The monoisotopic (exact) mass is 357 g/mol. The maximum Gasteiger partial charge on any atom is 0.277 e. The molecule has 1 aromatic heterocycles. The summed E-state index contributed by atoms with van der Waals surface area (Å²) in [5.74, 6) is -0.176. The first kappa shape index (κ1) is 16.5. The van der Waals surface area contributed by atoms with Gasteiger partial charge >= 0.3 is 0 Å². The lowest BCUT2D eigenvalue weighted by Gasteiger charge is -2.08. The van der Waals surface area contributed by atoms with Crippen LogP contribution in [0.5, 0.6) is 5.75 Å². The molecular weight excluding hydrogens is 349 g/mol. The van der Waals surface area contributed by atoms with E-state index in [4.69, 9.17) is 39.5 Å². The van der Waals surface area contributed by atoms with Gasteiger partial charge in [-0.3, -0.25) is 9.78 Å². The molecule has 2 rings (SSSR count). The van der Waals surface area contributed by atoms with Crippen LogP contribution in [0.15, 0.2) is 41.8 Å². The summed E-state index contributed by atoms with van der Waals surface area (Å²) in [7, 11) is 0. The number of nitrogens with zero attached hydrogens (tertiary/aromatic N) is 2. The van der Waals surface area contributed by atoms with Crippen molar-refractivity contribution >= 4 is 46.9 Å². The fourth-order valence-electron chi connectivity index (χ4n) is 1.42. The normalized spacial score (nSPS) is 10.7. The summed E-state index contributed by atoms with van der Waals surface area (Å²) < 4.78 is 5.26. The van der Waals surface area contributed by atoms with Gasteiger partial charge in [0, 0.05) is 24.0 Å². The Morgan fingerprint density at radius 1 is 1.27 bits per heavy atom. The molecule has 0 atom stereocenters. The first-order chi connectivity index (χ1) is 10.6. The average Bonchev–Trinajstić information content (AvgIpc) is 2.50. The van der Waals surface area contributed by atoms with Crippen LogP contribution in [0.4, 0.5) is 0 Å². The van der Waals surface area contributed by atoms with Crippen molar-refractivity contribution in [3.05, 3.63) is 57.3 Å². The predicted octanol–water partition coefficient (Wildman–Crippen LogP) is 3.57. The average molecular weight is 359 g/mol. The standard InChI is InChI=1S/C14H10Cl3N3O2/c15-10-4-12(17)13(5-11(10)16)22-8-14(21)20-19-7-9-2-1-3-18-6-9/h1-7H,8H2,(H,20,21)/b19-7+. The number of hydrogen-bond donors (Lipinski definition) is 1. The molecule has 5 nitrogen and oxygen atoms in total. The summed E-state index contributed by atoms with van der Waals surface area (Å²) in [6.07, 6.45) is 4.73. The van der Waals surface area contributed by atoms with Crippen molar-refractivity contribution < 1.29 is 9.53 Å². The van der Waals surface area contributed by atoms with Crippen LogP contribution in [0, 0.1) is 0 Å². The van der Waals surface area contributed by atoms with Crippen molar-refractivity contribution in [1.29, 1.82) is 0 Å². The molecule has 1 N–H and O–H groups in total. The van der Waals surface area contributed by atoms with Gasteiger partial charge in [0.15, 0.2) is 6.61 Å². The highest BCUT2D eigenvalue weighted by Crippen LogP contribution is 2.33. The van der Waals surface area contributed by atoms with E-state index in [2.05, 4.69) is 15.5 Å². The molecule has 0 aliphatic carbocycles. The number of halogens is 3. The number of carbonyl (C=O) groups is 1. The maximum atomic E-state index is 11.6. The SMILES string of the molecule is O=C(COc1cc(Cl)c(Cl)cc1Cl)N/N=C/c1cccnc1. The van der Waals surface area contributed by atoms with E-state index in [0.29, 0.717) is 5.02 Å². The summed E-state index contributed by atoms with van der Waals surface area (Å²) in [5, 5.41) is 4.65. The van der Waals surface area contributed by atoms with E-state index < -0.39 is 5.91 Å². The second-order valence-corrected chi connectivity index (χ2v) is 5.29. The van der Waals surface area contributed by atoms with E-state index in [9.17, 15) is 4.79 Å². The van der Waals surface area contributed by atoms with Crippen LogP contribution in [-0.2, 0) is 4.79 Å². The van der Waals surface area contributed by atoms with Gasteiger partial charge < -0.3 is 4.74 Å². The van der Waals surface area contributed by atoms with Crippen molar-refractivity contribution in [3.8, 4) is 5.75 Å². The molecule has 0 radical (unpaired) electrons. The van der Waals surface area contributed by atoms with Crippen molar-refractivity contribution in [2.24, 2.45) is 5.10 Å². The number of nitrogens with one attached hydrogen (secondary N) is 1. The molecule has 0 spiro atoms. The summed E-state index contributed by atoms with van der Waals surface area (Å²) in [5.41, 5.74) is 3.08. The number of rotatable bonds is 5. The Balaban J connectivity index is 1.86. The van der Waals surface area contributed by atoms with Crippen LogP contribution in [-0.4, -0.2) is 23.7 Å². The lowest BCUT2D eigenvalue weighted by atomic mass is 10.3. The highest BCUT2D eigenvalue weighted by molar-refractivity contribution is 6.43. The first-order valence-corrected chi connectivity index (χ1v) is 7.19. The largest absolute Gasteiger partial charge is 0.482 e. The van der Waals surface area contributed by atoms with Gasteiger partial charge in [0.1, 0.15) is 5.75 Å². The smallest absolute Gasteiger partial charge is 0.277 e. The highest BCUT2D eigenvalue weighted by Gasteiger charge is 2.09. The second-order valence-electron chi connectivity index (χ2n) is 4.06. The van der Waals surface area contributed by atoms with Crippen molar-refractivity contribution in [2.75, 3.05) is 6.61 Å². The highest BCUT2D eigenvalue weighted by atomic mass is 35.5. The summed E-state index contributed by atoms with van der Waals surface area (Å²) in [4.78, 5) is 15.5. The molecule has 8 heteroatoms. The van der Waals surface area contributed by atoms with Crippen LogP contribution in [0.2, 0.25) is 15.1 Å². The Labute approximate surface area is 141 Å². The van der Waals surface area contributed by atoms with Crippen molar-refractivity contribution in [3.63, 3.8) is 0 Å². The zero-order valence-electron chi connectivity index (χ0n) is 11.1. The molecule has 0 fully saturated rings. The van der Waals surface area contributed by atoms with Gasteiger partial charge in [0.2, 0.25) is 0 Å². The van der Waals surface area contributed by atoms with Crippen molar-refractivity contribution in [2.45, 2.75) is 0 Å². The van der Waals surface area contributed by atoms with E-state index in [1.807, 2.05) is 0 Å². The van der Waals surface area contributed by atoms with Gasteiger partial charge in [0.25, 0.3) is 5.91 Å². The summed E-state index contributed by atoms with van der Waals surface area (Å²) in [6.45, 7) is -0.262. The fourth-order valence-corrected chi connectivity index (χ4v) is 2.01. The minimum absolute atomic E-state index is 0.262. The van der Waals surface area contributed by atoms with Crippen LogP contribution in [0.3, 0.4) is 0 Å². The zero-order chi connectivity index (χ0) is 15.9. The van der Waals surface area contributed by atoms with Gasteiger partial charge in [-0.15, -0.1) is 0 Å². The van der Waals surface area contributed by atoms with Gasteiger partial charge in [0.05, 0.1) is 21.3 Å². The van der Waals surface area contributed by atoms with Gasteiger partial charge in [-0.1, -0.05) is 40.9 Å². The molecule has 0 unspecified atom stereocenters. The number of amides is 1. The Morgan fingerprint density at radius 2 is 2.05 bits per heavy atom. The van der Waals surface area contributed by atoms with E-state index >= 15 is 0 Å². The van der Waals surface area contributed by atoms with E-state index in [1.165, 1.54) is 18.3 Å². The number of hydrazone groups is 1. The second kappa shape index (κ2) is 7.98.